The van der Waals surface area contributed by atoms with E-state index in [2.05, 4.69) is 4.74 Å². The van der Waals surface area contributed by atoms with Crippen molar-refractivity contribution in [2.75, 3.05) is 0 Å². The third kappa shape index (κ3) is 4.07. The molecular weight excluding hydrogens is 315 g/mol. The van der Waals surface area contributed by atoms with Crippen molar-refractivity contribution >= 4 is 11.6 Å². The third-order valence-corrected chi connectivity index (χ3v) is 3.15. The largest absolute Gasteiger partial charge is 0.573 e. The van der Waals surface area contributed by atoms with Gasteiger partial charge in [0.2, 0.25) is 0 Å². The topological polar surface area (TPSA) is 9.23 Å². The fraction of sp³-hybridized carbons (Fsp3) is 0.143. The normalized spacial score (nSPS) is 13.0. The van der Waals surface area contributed by atoms with Gasteiger partial charge in [-0.1, -0.05) is 18.2 Å². The summed E-state index contributed by atoms with van der Waals surface area (Å²) in [6, 6.07) is 8.00. The maximum absolute atomic E-state index is 13.1. The second kappa shape index (κ2) is 5.89. The summed E-state index contributed by atoms with van der Waals surface area (Å²) in [6.07, 6.45) is -4.78. The lowest BCUT2D eigenvalue weighted by Gasteiger charge is -2.13. The molecule has 2 aromatic rings. The summed E-state index contributed by atoms with van der Waals surface area (Å²) >= 11 is 6.09. The first-order valence-electron chi connectivity index (χ1n) is 5.71. The molecule has 0 aromatic heterocycles. The lowest BCUT2D eigenvalue weighted by Crippen LogP contribution is -2.17. The van der Waals surface area contributed by atoms with Crippen molar-refractivity contribution in [1.82, 2.24) is 0 Å². The predicted octanol–water partition coefficient (Wildman–Crippen LogP) is 5.19. The van der Waals surface area contributed by atoms with Gasteiger partial charge in [-0.2, -0.15) is 0 Å². The van der Waals surface area contributed by atoms with Crippen molar-refractivity contribution in [3.8, 4) is 5.75 Å². The molecule has 21 heavy (non-hydrogen) atoms. The van der Waals surface area contributed by atoms with Crippen LogP contribution in [0, 0.1) is 11.6 Å². The maximum Gasteiger partial charge on any atom is 0.573 e. The molecule has 0 N–H and O–H groups in total. The van der Waals surface area contributed by atoms with Crippen molar-refractivity contribution in [3.63, 3.8) is 0 Å². The number of halogens is 6. The van der Waals surface area contributed by atoms with Crippen LogP contribution in [-0.2, 0) is 0 Å². The average Bonchev–Trinajstić information content (AvgIpc) is 2.40. The molecule has 0 aliphatic rings. The smallest absolute Gasteiger partial charge is 0.406 e. The number of benzene rings is 2. The maximum atomic E-state index is 13.1. The molecular formula is C14H8ClF5O. The Hall–Kier alpha value is -1.82. The molecule has 0 saturated carbocycles. The Morgan fingerprint density at radius 1 is 0.857 bits per heavy atom. The van der Waals surface area contributed by atoms with Gasteiger partial charge in [-0.15, -0.1) is 24.8 Å². The van der Waals surface area contributed by atoms with Crippen molar-refractivity contribution < 1.29 is 26.7 Å². The summed E-state index contributed by atoms with van der Waals surface area (Å²) in [6.45, 7) is 0. The van der Waals surface area contributed by atoms with Crippen LogP contribution in [0.15, 0.2) is 42.5 Å². The van der Waals surface area contributed by atoms with E-state index < -0.39 is 23.4 Å². The molecule has 0 aliphatic heterocycles. The van der Waals surface area contributed by atoms with E-state index in [0.29, 0.717) is 11.1 Å². The summed E-state index contributed by atoms with van der Waals surface area (Å²) in [4.78, 5) is 0. The number of ether oxygens (including phenoxy) is 1. The number of rotatable bonds is 3. The average molecular weight is 323 g/mol. The number of alkyl halides is 4. The Morgan fingerprint density at radius 3 is 1.95 bits per heavy atom. The zero-order chi connectivity index (χ0) is 15.6. The van der Waals surface area contributed by atoms with Crippen LogP contribution in [0.2, 0.25) is 0 Å². The van der Waals surface area contributed by atoms with E-state index in [1.807, 2.05) is 0 Å². The van der Waals surface area contributed by atoms with Gasteiger partial charge in [-0.25, -0.2) is 8.78 Å². The van der Waals surface area contributed by atoms with Gasteiger partial charge < -0.3 is 4.74 Å². The van der Waals surface area contributed by atoms with E-state index >= 15 is 0 Å². The van der Waals surface area contributed by atoms with Crippen molar-refractivity contribution in [1.29, 1.82) is 0 Å². The quantitative estimate of drug-likeness (QED) is 0.558. The SMILES string of the molecule is Fc1ccc(C(Cl)c2ccc(OC(F)(F)F)cc2)cc1F. The molecule has 0 fully saturated rings. The minimum atomic E-state index is -4.78. The van der Waals surface area contributed by atoms with Gasteiger partial charge in [0.25, 0.3) is 0 Å². The van der Waals surface area contributed by atoms with Gasteiger partial charge >= 0.3 is 6.36 Å². The molecule has 0 spiro atoms. The fourth-order valence-electron chi connectivity index (χ4n) is 1.70. The van der Waals surface area contributed by atoms with Crippen LogP contribution in [0.25, 0.3) is 0 Å². The molecule has 1 unspecified atom stereocenters. The van der Waals surface area contributed by atoms with Crippen LogP contribution in [0.1, 0.15) is 16.5 Å². The second-order valence-electron chi connectivity index (χ2n) is 4.15. The predicted molar refractivity (Wildman–Crippen MR) is 67.2 cm³/mol. The molecule has 0 amide bonds. The highest BCUT2D eigenvalue weighted by atomic mass is 35.5. The Labute approximate surface area is 121 Å². The molecule has 112 valence electrons. The standard InChI is InChI=1S/C14H8ClF5O/c15-13(9-3-6-11(16)12(17)7-9)8-1-4-10(5-2-8)21-14(18,19)20/h1-7,13H. The zero-order valence-corrected chi connectivity index (χ0v) is 11.1. The Kier molecular flexibility index (Phi) is 4.37. The van der Waals surface area contributed by atoms with Crippen molar-refractivity contribution in [3.05, 3.63) is 65.2 Å². The van der Waals surface area contributed by atoms with E-state index in [1.54, 1.807) is 0 Å². The van der Waals surface area contributed by atoms with Gasteiger partial charge in [0.15, 0.2) is 11.6 Å². The molecule has 0 saturated heterocycles. The second-order valence-corrected chi connectivity index (χ2v) is 4.59. The molecule has 2 aromatic carbocycles. The highest BCUT2D eigenvalue weighted by Gasteiger charge is 2.31. The Morgan fingerprint density at radius 2 is 1.43 bits per heavy atom. The van der Waals surface area contributed by atoms with Gasteiger partial charge in [0.05, 0.1) is 5.38 Å². The van der Waals surface area contributed by atoms with Crippen LogP contribution in [0.5, 0.6) is 5.75 Å². The summed E-state index contributed by atoms with van der Waals surface area (Å²) in [5.74, 6) is -2.44. The molecule has 7 heteroatoms. The molecule has 2 rings (SSSR count). The third-order valence-electron chi connectivity index (χ3n) is 2.64. The molecule has 0 radical (unpaired) electrons. The van der Waals surface area contributed by atoms with Gasteiger partial charge in [-0.3, -0.25) is 0 Å². The van der Waals surface area contributed by atoms with Crippen LogP contribution in [0.4, 0.5) is 22.0 Å². The highest BCUT2D eigenvalue weighted by Crippen LogP contribution is 2.31. The van der Waals surface area contributed by atoms with E-state index in [-0.39, 0.29) is 5.75 Å². The first-order valence-corrected chi connectivity index (χ1v) is 6.14. The van der Waals surface area contributed by atoms with E-state index in [9.17, 15) is 22.0 Å². The van der Waals surface area contributed by atoms with Crippen LogP contribution in [0.3, 0.4) is 0 Å². The van der Waals surface area contributed by atoms with Crippen molar-refractivity contribution in [2.24, 2.45) is 0 Å². The first-order chi connectivity index (χ1) is 9.76. The minimum absolute atomic E-state index is 0.292. The zero-order valence-electron chi connectivity index (χ0n) is 10.3. The lowest BCUT2D eigenvalue weighted by molar-refractivity contribution is -0.274. The molecule has 0 heterocycles. The lowest BCUT2D eigenvalue weighted by atomic mass is 10.0. The van der Waals surface area contributed by atoms with Crippen LogP contribution in [-0.4, -0.2) is 6.36 Å². The Bertz CT molecular complexity index is 624. The minimum Gasteiger partial charge on any atom is -0.406 e. The van der Waals surface area contributed by atoms with Crippen LogP contribution < -0.4 is 4.74 Å². The van der Waals surface area contributed by atoms with Crippen molar-refractivity contribution in [2.45, 2.75) is 11.7 Å². The molecule has 0 bridgehead atoms. The summed E-state index contributed by atoms with van der Waals surface area (Å²) < 4.78 is 65.8. The summed E-state index contributed by atoms with van der Waals surface area (Å²) in [5, 5.41) is -0.819. The van der Waals surface area contributed by atoms with Crippen LogP contribution >= 0.6 is 11.6 Å². The molecule has 1 atom stereocenters. The van der Waals surface area contributed by atoms with Gasteiger partial charge in [0.1, 0.15) is 5.75 Å². The number of hydrogen-bond donors (Lipinski definition) is 0. The fourth-order valence-corrected chi connectivity index (χ4v) is 1.98. The summed E-state index contributed by atoms with van der Waals surface area (Å²) in [5.41, 5.74) is 0.720. The number of hydrogen-bond acceptors (Lipinski definition) is 1. The Balaban J connectivity index is 2.19. The monoisotopic (exact) mass is 322 g/mol. The summed E-state index contributed by atoms with van der Waals surface area (Å²) in [7, 11) is 0. The first kappa shape index (κ1) is 15.6. The van der Waals surface area contributed by atoms with Gasteiger partial charge in [0, 0.05) is 0 Å². The molecule has 0 aliphatic carbocycles. The molecule has 1 nitrogen and oxygen atoms in total. The van der Waals surface area contributed by atoms with E-state index in [0.717, 1.165) is 24.3 Å². The highest BCUT2D eigenvalue weighted by molar-refractivity contribution is 6.22. The van der Waals surface area contributed by atoms with E-state index in [4.69, 9.17) is 11.6 Å². The van der Waals surface area contributed by atoms with E-state index in [1.165, 1.54) is 18.2 Å². The van der Waals surface area contributed by atoms with Gasteiger partial charge in [-0.05, 0) is 35.4 Å².